The number of benzene rings is 1. The van der Waals surface area contributed by atoms with Crippen LogP contribution in [0.4, 0.5) is 0 Å². The van der Waals surface area contributed by atoms with Crippen LogP contribution in [0.15, 0.2) is 47.5 Å². The van der Waals surface area contributed by atoms with Crippen LogP contribution in [-0.2, 0) is 0 Å². The van der Waals surface area contributed by atoms with Crippen molar-refractivity contribution in [2.45, 2.75) is 26.2 Å². The molecule has 0 saturated carbocycles. The normalized spacial score (nSPS) is 14.7. The average Bonchev–Trinajstić information content (AvgIpc) is 3.19. The highest BCUT2D eigenvalue weighted by Gasteiger charge is 2.12. The van der Waals surface area contributed by atoms with Crippen molar-refractivity contribution in [3.63, 3.8) is 0 Å². The van der Waals surface area contributed by atoms with Gasteiger partial charge in [0.1, 0.15) is 11.6 Å². The van der Waals surface area contributed by atoms with Crippen molar-refractivity contribution in [3.8, 4) is 11.4 Å². The molecule has 27 heavy (non-hydrogen) atoms. The van der Waals surface area contributed by atoms with Crippen LogP contribution in [0.2, 0.25) is 0 Å². The molecule has 3 aromatic rings. The molecule has 0 radical (unpaired) electrons. The highest BCUT2D eigenvalue weighted by molar-refractivity contribution is 5.76. The summed E-state index contributed by atoms with van der Waals surface area (Å²) in [6.07, 6.45) is 6.85. The van der Waals surface area contributed by atoms with Gasteiger partial charge in [0.05, 0.1) is 23.2 Å². The molecule has 1 aromatic carbocycles. The minimum absolute atomic E-state index is 0.114. The third-order valence-electron chi connectivity index (χ3n) is 5.00. The molecule has 6 nitrogen and oxygen atoms in total. The predicted octanol–water partition coefficient (Wildman–Crippen LogP) is 2.95. The van der Waals surface area contributed by atoms with Crippen LogP contribution in [-0.4, -0.2) is 45.7 Å². The molecule has 0 bridgehead atoms. The van der Waals surface area contributed by atoms with Crippen LogP contribution in [0, 0.1) is 6.92 Å². The molecule has 3 heterocycles. The minimum Gasteiger partial charge on any atom is -0.493 e. The molecule has 0 unspecified atom stereocenters. The van der Waals surface area contributed by atoms with Gasteiger partial charge in [-0.1, -0.05) is 6.07 Å². The minimum atomic E-state index is -0.114. The molecule has 1 fully saturated rings. The Morgan fingerprint density at radius 1 is 1.19 bits per heavy atom. The molecule has 6 heteroatoms. The van der Waals surface area contributed by atoms with Crippen LogP contribution >= 0.6 is 0 Å². The first-order valence-electron chi connectivity index (χ1n) is 9.51. The quantitative estimate of drug-likeness (QED) is 0.630. The highest BCUT2D eigenvalue weighted by Crippen LogP contribution is 2.18. The molecule has 0 amide bonds. The van der Waals surface area contributed by atoms with Crippen molar-refractivity contribution in [2.24, 2.45) is 0 Å². The van der Waals surface area contributed by atoms with Crippen LogP contribution in [0.5, 0.6) is 5.75 Å². The zero-order chi connectivity index (χ0) is 18.6. The first-order chi connectivity index (χ1) is 13.2. The number of likely N-dealkylation sites (tertiary alicyclic amines) is 1. The van der Waals surface area contributed by atoms with E-state index in [1.165, 1.54) is 25.9 Å². The fourth-order valence-electron chi connectivity index (χ4n) is 3.64. The van der Waals surface area contributed by atoms with E-state index < -0.39 is 0 Å². The largest absolute Gasteiger partial charge is 0.493 e. The van der Waals surface area contributed by atoms with E-state index in [4.69, 9.17) is 4.74 Å². The standard InChI is InChI=1S/C21H24N4O2/c1-16-23-20-8-9-22-15-19(20)21(26)25(16)17-6-4-7-18(14-17)27-13-5-12-24-10-2-3-11-24/h4,6-9,14-15H,2-3,5,10-13H2,1H3. The van der Waals surface area contributed by atoms with E-state index in [0.717, 1.165) is 24.4 Å². The van der Waals surface area contributed by atoms with Gasteiger partial charge in [-0.05, 0) is 57.5 Å². The fraction of sp³-hybridized carbons (Fsp3) is 0.381. The van der Waals surface area contributed by atoms with Gasteiger partial charge in [0.2, 0.25) is 0 Å². The molecule has 2 aromatic heterocycles. The summed E-state index contributed by atoms with van der Waals surface area (Å²) in [6.45, 7) is 6.02. The van der Waals surface area contributed by atoms with Gasteiger partial charge < -0.3 is 9.64 Å². The molecule has 1 aliphatic rings. The lowest BCUT2D eigenvalue weighted by molar-refractivity contribution is 0.263. The Bertz CT molecular complexity index is 993. The van der Waals surface area contributed by atoms with Crippen LogP contribution in [0.1, 0.15) is 25.1 Å². The van der Waals surface area contributed by atoms with Gasteiger partial charge in [-0.15, -0.1) is 0 Å². The van der Waals surface area contributed by atoms with Gasteiger partial charge >= 0.3 is 0 Å². The number of aryl methyl sites for hydroxylation is 1. The second-order valence-corrected chi connectivity index (χ2v) is 6.94. The SMILES string of the molecule is Cc1nc2ccncc2c(=O)n1-c1cccc(OCCCN2CCCC2)c1. The number of hydrogen-bond acceptors (Lipinski definition) is 5. The second kappa shape index (κ2) is 7.88. The summed E-state index contributed by atoms with van der Waals surface area (Å²) in [7, 11) is 0. The number of pyridine rings is 1. The highest BCUT2D eigenvalue weighted by atomic mass is 16.5. The monoisotopic (exact) mass is 364 g/mol. The molecular weight excluding hydrogens is 340 g/mol. The summed E-state index contributed by atoms with van der Waals surface area (Å²) in [6, 6.07) is 9.39. The third-order valence-corrected chi connectivity index (χ3v) is 5.00. The van der Waals surface area contributed by atoms with Crippen molar-refractivity contribution in [1.82, 2.24) is 19.4 Å². The molecular formula is C21H24N4O2. The summed E-state index contributed by atoms with van der Waals surface area (Å²) < 4.78 is 7.53. The summed E-state index contributed by atoms with van der Waals surface area (Å²) >= 11 is 0. The van der Waals surface area contributed by atoms with Gasteiger partial charge in [-0.3, -0.25) is 14.3 Å². The number of rotatable bonds is 6. The smallest absolute Gasteiger partial charge is 0.267 e. The zero-order valence-electron chi connectivity index (χ0n) is 15.6. The van der Waals surface area contributed by atoms with E-state index in [2.05, 4.69) is 14.9 Å². The molecule has 0 aliphatic carbocycles. The summed E-state index contributed by atoms with van der Waals surface area (Å²) in [4.78, 5) is 24.0. The summed E-state index contributed by atoms with van der Waals surface area (Å²) in [5, 5.41) is 0.514. The van der Waals surface area contributed by atoms with Crippen molar-refractivity contribution < 1.29 is 4.74 Å². The van der Waals surface area contributed by atoms with Crippen LogP contribution < -0.4 is 10.3 Å². The van der Waals surface area contributed by atoms with Gasteiger partial charge in [0.25, 0.3) is 5.56 Å². The molecule has 0 N–H and O–H groups in total. The summed E-state index contributed by atoms with van der Waals surface area (Å²) in [5.41, 5.74) is 1.31. The van der Waals surface area contributed by atoms with Crippen LogP contribution in [0.25, 0.3) is 16.6 Å². The van der Waals surface area contributed by atoms with Crippen LogP contribution in [0.3, 0.4) is 0 Å². The van der Waals surface area contributed by atoms with E-state index in [0.29, 0.717) is 23.3 Å². The van der Waals surface area contributed by atoms with E-state index in [1.807, 2.05) is 31.2 Å². The first kappa shape index (κ1) is 17.7. The number of ether oxygens (including phenoxy) is 1. The Hall–Kier alpha value is -2.73. The predicted molar refractivity (Wildman–Crippen MR) is 106 cm³/mol. The number of aromatic nitrogens is 3. The lowest BCUT2D eigenvalue weighted by atomic mass is 10.2. The Kier molecular flexibility index (Phi) is 5.16. The van der Waals surface area contributed by atoms with Gasteiger partial charge in [0, 0.05) is 25.0 Å². The van der Waals surface area contributed by atoms with Crippen molar-refractivity contribution >= 4 is 10.9 Å². The lowest BCUT2D eigenvalue weighted by Gasteiger charge is -2.15. The Morgan fingerprint density at radius 2 is 2.04 bits per heavy atom. The van der Waals surface area contributed by atoms with Crippen molar-refractivity contribution in [3.05, 3.63) is 58.9 Å². The molecule has 1 saturated heterocycles. The molecule has 1 aliphatic heterocycles. The van der Waals surface area contributed by atoms with Crippen molar-refractivity contribution in [2.75, 3.05) is 26.2 Å². The number of fused-ring (bicyclic) bond motifs is 1. The van der Waals surface area contributed by atoms with Crippen molar-refractivity contribution in [1.29, 1.82) is 0 Å². The van der Waals surface area contributed by atoms with E-state index >= 15 is 0 Å². The van der Waals surface area contributed by atoms with Gasteiger partial charge in [-0.2, -0.15) is 0 Å². The maximum Gasteiger partial charge on any atom is 0.267 e. The van der Waals surface area contributed by atoms with E-state index in [9.17, 15) is 4.79 Å². The number of nitrogens with zero attached hydrogens (tertiary/aromatic N) is 4. The zero-order valence-corrected chi connectivity index (χ0v) is 15.6. The Morgan fingerprint density at radius 3 is 2.89 bits per heavy atom. The maximum atomic E-state index is 12.9. The Labute approximate surface area is 158 Å². The molecule has 0 atom stereocenters. The van der Waals surface area contributed by atoms with Gasteiger partial charge in [0.15, 0.2) is 0 Å². The van der Waals surface area contributed by atoms with E-state index in [-0.39, 0.29) is 5.56 Å². The third kappa shape index (κ3) is 3.85. The Balaban J connectivity index is 1.52. The topological polar surface area (TPSA) is 60.3 Å². The fourth-order valence-corrected chi connectivity index (χ4v) is 3.64. The summed E-state index contributed by atoms with van der Waals surface area (Å²) in [5.74, 6) is 1.41. The molecule has 0 spiro atoms. The van der Waals surface area contributed by atoms with E-state index in [1.54, 1.807) is 23.0 Å². The number of hydrogen-bond donors (Lipinski definition) is 0. The molecule has 4 rings (SSSR count). The first-order valence-corrected chi connectivity index (χ1v) is 9.51. The second-order valence-electron chi connectivity index (χ2n) is 6.94. The average molecular weight is 364 g/mol. The lowest BCUT2D eigenvalue weighted by Crippen LogP contribution is -2.22. The molecule has 140 valence electrons. The van der Waals surface area contributed by atoms with Gasteiger partial charge in [-0.25, -0.2) is 4.98 Å². The maximum absolute atomic E-state index is 12.9.